The maximum absolute atomic E-state index is 13.6. The van der Waals surface area contributed by atoms with E-state index in [4.69, 9.17) is 0 Å². The molecule has 1 heterocycles. The number of benzene rings is 3. The van der Waals surface area contributed by atoms with Gasteiger partial charge in [-0.3, -0.25) is 13.9 Å². The van der Waals surface area contributed by atoms with Gasteiger partial charge < -0.3 is 10.2 Å². The molecule has 1 saturated heterocycles. The van der Waals surface area contributed by atoms with Crippen LogP contribution in [0.5, 0.6) is 0 Å². The molecule has 4 rings (SSSR count). The van der Waals surface area contributed by atoms with E-state index in [2.05, 4.69) is 5.32 Å². The van der Waals surface area contributed by atoms with Crippen molar-refractivity contribution >= 4 is 33.2 Å². The van der Waals surface area contributed by atoms with Crippen molar-refractivity contribution in [3.05, 3.63) is 89.0 Å². The van der Waals surface area contributed by atoms with Crippen molar-refractivity contribution in [2.45, 2.75) is 45.1 Å². The van der Waals surface area contributed by atoms with Crippen LogP contribution >= 0.6 is 0 Å². The first-order valence-corrected chi connectivity index (χ1v) is 13.4. The Labute approximate surface area is 212 Å². The largest absolute Gasteiger partial charge is 0.350 e. The Hall–Kier alpha value is -3.65. The Bertz CT molecular complexity index is 1380. The highest BCUT2D eigenvalue weighted by atomic mass is 32.2. The molecule has 0 aliphatic carbocycles. The highest BCUT2D eigenvalue weighted by molar-refractivity contribution is 7.92. The number of rotatable bonds is 8. The van der Waals surface area contributed by atoms with Crippen LogP contribution in [0.25, 0.3) is 0 Å². The third-order valence-corrected chi connectivity index (χ3v) is 8.25. The molecule has 0 spiro atoms. The van der Waals surface area contributed by atoms with Gasteiger partial charge in [0.25, 0.3) is 10.0 Å². The Balaban J connectivity index is 1.54. The molecule has 1 aliphatic heterocycles. The molecule has 0 atom stereocenters. The van der Waals surface area contributed by atoms with Crippen molar-refractivity contribution in [2.75, 3.05) is 22.3 Å². The summed E-state index contributed by atoms with van der Waals surface area (Å²) in [5.41, 5.74) is 4.99. The fourth-order valence-electron chi connectivity index (χ4n) is 4.18. The van der Waals surface area contributed by atoms with Crippen LogP contribution in [0.2, 0.25) is 0 Å². The first kappa shape index (κ1) is 25.4. The fraction of sp³-hybridized carbons (Fsp3) is 0.286. The molecule has 0 radical (unpaired) electrons. The summed E-state index contributed by atoms with van der Waals surface area (Å²) in [6.07, 6.45) is 1.38. The molecule has 0 aromatic heterocycles. The monoisotopic (exact) mass is 505 g/mol. The third-order valence-electron chi connectivity index (χ3n) is 6.46. The van der Waals surface area contributed by atoms with Crippen LogP contribution < -0.4 is 14.5 Å². The number of hydrogen-bond donors (Lipinski definition) is 1. The zero-order valence-electron chi connectivity index (χ0n) is 20.8. The zero-order valence-corrected chi connectivity index (χ0v) is 21.6. The van der Waals surface area contributed by atoms with E-state index in [1.807, 2.05) is 51.1 Å². The van der Waals surface area contributed by atoms with Gasteiger partial charge >= 0.3 is 0 Å². The molecular formula is C28H31N3O4S. The van der Waals surface area contributed by atoms with Crippen molar-refractivity contribution in [3.63, 3.8) is 0 Å². The maximum Gasteiger partial charge on any atom is 0.264 e. The van der Waals surface area contributed by atoms with E-state index in [9.17, 15) is 18.0 Å². The molecule has 3 aromatic carbocycles. The molecule has 1 N–H and O–H groups in total. The average Bonchev–Trinajstić information content (AvgIpc) is 3.29. The molecule has 7 nitrogen and oxygen atoms in total. The van der Waals surface area contributed by atoms with Gasteiger partial charge in [0.1, 0.15) is 6.54 Å². The Morgan fingerprint density at radius 3 is 2.39 bits per heavy atom. The quantitative estimate of drug-likeness (QED) is 0.496. The summed E-state index contributed by atoms with van der Waals surface area (Å²) in [6.45, 7) is 6.31. The molecule has 2 amide bonds. The lowest BCUT2D eigenvalue weighted by Crippen LogP contribution is -2.40. The SMILES string of the molecule is Cc1ccc(S(=O)(=O)N(CC(=O)NCc2cccc(N3CCCC3=O)c2)c2ccc(C)c(C)c2)cc1. The number of carbonyl (C=O) groups is 2. The highest BCUT2D eigenvalue weighted by Gasteiger charge is 2.27. The van der Waals surface area contributed by atoms with Crippen LogP contribution in [0.15, 0.2) is 71.6 Å². The van der Waals surface area contributed by atoms with Gasteiger partial charge in [-0.25, -0.2) is 8.42 Å². The summed E-state index contributed by atoms with van der Waals surface area (Å²) in [6, 6.07) is 19.4. The van der Waals surface area contributed by atoms with E-state index in [0.29, 0.717) is 18.7 Å². The maximum atomic E-state index is 13.6. The molecule has 0 unspecified atom stereocenters. The van der Waals surface area contributed by atoms with Gasteiger partial charge in [-0.05, 0) is 80.3 Å². The zero-order chi connectivity index (χ0) is 25.9. The van der Waals surface area contributed by atoms with Crippen LogP contribution in [0.4, 0.5) is 11.4 Å². The predicted molar refractivity (Wildman–Crippen MR) is 142 cm³/mol. The Morgan fingerprint density at radius 2 is 1.72 bits per heavy atom. The summed E-state index contributed by atoms with van der Waals surface area (Å²) in [5, 5.41) is 2.84. The van der Waals surface area contributed by atoms with Crippen molar-refractivity contribution in [1.29, 1.82) is 0 Å². The third kappa shape index (κ3) is 5.60. The smallest absolute Gasteiger partial charge is 0.264 e. The normalized spacial score (nSPS) is 13.6. The minimum atomic E-state index is -3.97. The van der Waals surface area contributed by atoms with Crippen LogP contribution in [-0.4, -0.2) is 33.3 Å². The molecule has 3 aromatic rings. The minimum Gasteiger partial charge on any atom is -0.350 e. The summed E-state index contributed by atoms with van der Waals surface area (Å²) < 4.78 is 28.3. The summed E-state index contributed by atoms with van der Waals surface area (Å²) in [7, 11) is -3.97. The Morgan fingerprint density at radius 1 is 0.972 bits per heavy atom. The van der Waals surface area contributed by atoms with Gasteiger partial charge in [-0.2, -0.15) is 0 Å². The van der Waals surface area contributed by atoms with E-state index in [1.54, 1.807) is 41.3 Å². The number of nitrogens with zero attached hydrogens (tertiary/aromatic N) is 2. The van der Waals surface area contributed by atoms with Crippen molar-refractivity contribution in [1.82, 2.24) is 5.32 Å². The lowest BCUT2D eigenvalue weighted by molar-refractivity contribution is -0.120. The van der Waals surface area contributed by atoms with Crippen molar-refractivity contribution < 1.29 is 18.0 Å². The first-order valence-electron chi connectivity index (χ1n) is 12.0. The number of amides is 2. The summed E-state index contributed by atoms with van der Waals surface area (Å²) in [4.78, 5) is 26.9. The second-order valence-electron chi connectivity index (χ2n) is 9.19. The van der Waals surface area contributed by atoms with Crippen LogP contribution in [0.3, 0.4) is 0 Å². The van der Waals surface area contributed by atoms with Crippen LogP contribution in [0, 0.1) is 20.8 Å². The molecule has 1 aliphatic rings. The predicted octanol–water partition coefficient (Wildman–Crippen LogP) is 4.25. The van der Waals surface area contributed by atoms with E-state index in [1.165, 1.54) is 0 Å². The van der Waals surface area contributed by atoms with E-state index < -0.39 is 15.9 Å². The topological polar surface area (TPSA) is 86.8 Å². The van der Waals surface area contributed by atoms with Gasteiger partial charge in [0.05, 0.1) is 10.6 Å². The second kappa shape index (κ2) is 10.5. The standard InChI is InChI=1S/C28H31N3O4S/c1-20-9-13-26(14-10-20)36(34,35)31(25-12-11-21(2)22(3)16-25)19-27(32)29-18-23-6-4-7-24(17-23)30-15-5-8-28(30)33/h4,6-7,9-14,16-17H,5,8,15,18-19H2,1-3H3,(H,29,32). The van der Waals surface area contributed by atoms with Gasteiger partial charge in [0.15, 0.2) is 0 Å². The summed E-state index contributed by atoms with van der Waals surface area (Å²) in [5.74, 6) is -0.326. The number of carbonyl (C=O) groups excluding carboxylic acids is 2. The fourth-order valence-corrected chi connectivity index (χ4v) is 5.59. The van der Waals surface area contributed by atoms with Gasteiger partial charge in [0, 0.05) is 25.2 Å². The average molecular weight is 506 g/mol. The first-order chi connectivity index (χ1) is 17.1. The molecular weight excluding hydrogens is 474 g/mol. The van der Waals surface area contributed by atoms with Crippen molar-refractivity contribution in [2.24, 2.45) is 0 Å². The van der Waals surface area contributed by atoms with Crippen LogP contribution in [-0.2, 0) is 26.2 Å². The lowest BCUT2D eigenvalue weighted by atomic mass is 10.1. The Kier molecular flexibility index (Phi) is 7.45. The number of anilines is 2. The van der Waals surface area contributed by atoms with E-state index in [-0.39, 0.29) is 23.9 Å². The molecule has 1 fully saturated rings. The number of sulfonamides is 1. The van der Waals surface area contributed by atoms with Gasteiger partial charge in [-0.1, -0.05) is 35.9 Å². The lowest BCUT2D eigenvalue weighted by Gasteiger charge is -2.25. The van der Waals surface area contributed by atoms with Crippen LogP contribution in [0.1, 0.15) is 35.1 Å². The summed E-state index contributed by atoms with van der Waals surface area (Å²) >= 11 is 0. The van der Waals surface area contributed by atoms with E-state index in [0.717, 1.165) is 38.7 Å². The number of aryl methyl sites for hydroxylation is 3. The highest BCUT2D eigenvalue weighted by Crippen LogP contribution is 2.26. The van der Waals surface area contributed by atoms with Gasteiger partial charge in [0.2, 0.25) is 11.8 Å². The molecule has 0 saturated carbocycles. The van der Waals surface area contributed by atoms with E-state index >= 15 is 0 Å². The molecule has 8 heteroatoms. The molecule has 36 heavy (non-hydrogen) atoms. The van der Waals surface area contributed by atoms with Gasteiger partial charge in [-0.15, -0.1) is 0 Å². The second-order valence-corrected chi connectivity index (χ2v) is 11.1. The molecule has 188 valence electrons. The van der Waals surface area contributed by atoms with Crippen molar-refractivity contribution in [3.8, 4) is 0 Å². The number of hydrogen-bond acceptors (Lipinski definition) is 4. The minimum absolute atomic E-state index is 0.0986. The molecule has 0 bridgehead atoms. The number of nitrogens with one attached hydrogen (secondary N) is 1.